The number of nitrogens with zero attached hydrogens (tertiary/aromatic N) is 5. The molecule has 0 amide bonds. The van der Waals surface area contributed by atoms with Crippen molar-refractivity contribution < 1.29 is 14.8 Å². The third kappa shape index (κ3) is 3.44. The van der Waals surface area contributed by atoms with E-state index in [0.29, 0.717) is 5.69 Å². The number of aromatic carboxylic acids is 1. The number of hydrogen-bond donors (Lipinski definition) is 1. The SMILES string of the molecule is CN(c1nn(-c2cccc([N+](=O)[O-])c2)nc1C(=O)O)C1CCCCC1. The van der Waals surface area contributed by atoms with Gasteiger partial charge in [-0.1, -0.05) is 25.3 Å². The standard InChI is InChI=1S/C16H19N5O4/c1-19(11-6-3-2-4-7-11)15-14(16(22)23)17-20(18-15)12-8-5-9-13(10-12)21(24)25/h5,8-11H,2-4,6-7H2,1H3,(H,22,23). The first-order chi connectivity index (χ1) is 12.0. The quantitative estimate of drug-likeness (QED) is 0.654. The lowest BCUT2D eigenvalue weighted by atomic mass is 9.94. The Labute approximate surface area is 144 Å². The molecule has 0 spiro atoms. The topological polar surface area (TPSA) is 114 Å². The number of anilines is 1. The zero-order valence-electron chi connectivity index (χ0n) is 13.8. The summed E-state index contributed by atoms with van der Waals surface area (Å²) in [5.74, 6) is -0.889. The highest BCUT2D eigenvalue weighted by Gasteiger charge is 2.27. The number of benzene rings is 1. The van der Waals surface area contributed by atoms with Crippen LogP contribution in [0.3, 0.4) is 0 Å². The predicted octanol–water partition coefficient (Wildman–Crippen LogP) is 2.64. The second kappa shape index (κ2) is 6.88. The Morgan fingerprint density at radius 2 is 2.04 bits per heavy atom. The van der Waals surface area contributed by atoms with Gasteiger partial charge in [-0.05, 0) is 18.9 Å². The average Bonchev–Trinajstić information content (AvgIpc) is 3.07. The summed E-state index contributed by atoms with van der Waals surface area (Å²) in [5.41, 5.74) is 0.0911. The summed E-state index contributed by atoms with van der Waals surface area (Å²) in [7, 11) is 1.82. The summed E-state index contributed by atoms with van der Waals surface area (Å²) >= 11 is 0. The van der Waals surface area contributed by atoms with E-state index < -0.39 is 10.9 Å². The van der Waals surface area contributed by atoms with Crippen molar-refractivity contribution in [2.24, 2.45) is 0 Å². The van der Waals surface area contributed by atoms with Crippen molar-refractivity contribution >= 4 is 17.5 Å². The van der Waals surface area contributed by atoms with Crippen molar-refractivity contribution in [2.45, 2.75) is 38.1 Å². The number of rotatable bonds is 5. The number of nitro groups is 1. The molecule has 1 aliphatic carbocycles. The number of nitro benzene ring substituents is 1. The molecule has 25 heavy (non-hydrogen) atoms. The van der Waals surface area contributed by atoms with E-state index in [-0.39, 0.29) is 23.2 Å². The van der Waals surface area contributed by atoms with Crippen LogP contribution in [0.25, 0.3) is 5.69 Å². The fourth-order valence-electron chi connectivity index (χ4n) is 3.16. The van der Waals surface area contributed by atoms with Crippen LogP contribution in [0.15, 0.2) is 24.3 Å². The minimum absolute atomic E-state index is 0.103. The van der Waals surface area contributed by atoms with Gasteiger partial charge in [0.2, 0.25) is 5.69 Å². The molecule has 0 bridgehead atoms. The monoisotopic (exact) mass is 345 g/mol. The maximum absolute atomic E-state index is 11.6. The highest BCUT2D eigenvalue weighted by molar-refractivity contribution is 5.91. The Balaban J connectivity index is 1.98. The molecule has 132 valence electrons. The minimum atomic E-state index is -1.17. The van der Waals surface area contributed by atoms with Crippen LogP contribution in [-0.2, 0) is 0 Å². The van der Waals surface area contributed by atoms with Gasteiger partial charge in [0.25, 0.3) is 5.69 Å². The normalized spacial score (nSPS) is 15.1. The van der Waals surface area contributed by atoms with Gasteiger partial charge < -0.3 is 10.0 Å². The molecule has 0 aliphatic heterocycles. The summed E-state index contributed by atoms with van der Waals surface area (Å²) in [6.07, 6.45) is 5.38. The summed E-state index contributed by atoms with van der Waals surface area (Å²) < 4.78 is 0. The molecule has 2 aromatic rings. The third-order valence-electron chi connectivity index (χ3n) is 4.53. The Hall–Kier alpha value is -2.97. The van der Waals surface area contributed by atoms with Crippen molar-refractivity contribution in [1.82, 2.24) is 15.0 Å². The molecule has 0 saturated heterocycles. The molecule has 3 rings (SSSR count). The van der Waals surface area contributed by atoms with Crippen molar-refractivity contribution in [3.05, 3.63) is 40.1 Å². The van der Waals surface area contributed by atoms with E-state index in [1.165, 1.54) is 24.6 Å². The predicted molar refractivity (Wildman–Crippen MR) is 90.2 cm³/mol. The Morgan fingerprint density at radius 3 is 2.68 bits per heavy atom. The molecule has 9 nitrogen and oxygen atoms in total. The average molecular weight is 345 g/mol. The second-order valence-corrected chi connectivity index (χ2v) is 6.15. The van der Waals surface area contributed by atoms with E-state index >= 15 is 0 Å². The van der Waals surface area contributed by atoms with Gasteiger partial charge in [0, 0.05) is 25.2 Å². The van der Waals surface area contributed by atoms with E-state index in [0.717, 1.165) is 30.5 Å². The number of aromatic nitrogens is 3. The summed E-state index contributed by atoms with van der Waals surface area (Å²) in [4.78, 5) is 25.0. The molecule has 1 saturated carbocycles. The number of carbonyl (C=O) groups is 1. The van der Waals surface area contributed by atoms with Gasteiger partial charge in [0.15, 0.2) is 5.82 Å². The molecule has 1 aromatic carbocycles. The second-order valence-electron chi connectivity index (χ2n) is 6.15. The molecule has 1 aliphatic rings. The van der Waals surface area contributed by atoms with E-state index in [4.69, 9.17) is 0 Å². The van der Waals surface area contributed by atoms with Crippen molar-refractivity contribution in [1.29, 1.82) is 0 Å². The largest absolute Gasteiger partial charge is 0.476 e. The van der Waals surface area contributed by atoms with E-state index in [1.54, 1.807) is 6.07 Å². The molecule has 0 radical (unpaired) electrons. The van der Waals surface area contributed by atoms with E-state index in [1.807, 2.05) is 11.9 Å². The Bertz CT molecular complexity index is 798. The van der Waals surface area contributed by atoms with Crippen LogP contribution in [0.1, 0.15) is 42.6 Å². The molecular formula is C16H19N5O4. The van der Waals surface area contributed by atoms with E-state index in [2.05, 4.69) is 10.2 Å². The third-order valence-corrected chi connectivity index (χ3v) is 4.53. The molecule has 0 unspecified atom stereocenters. The van der Waals surface area contributed by atoms with Gasteiger partial charge in [-0.15, -0.1) is 15.0 Å². The smallest absolute Gasteiger partial charge is 0.360 e. The van der Waals surface area contributed by atoms with Crippen LogP contribution >= 0.6 is 0 Å². The Morgan fingerprint density at radius 1 is 1.32 bits per heavy atom. The zero-order chi connectivity index (χ0) is 18.0. The molecule has 1 N–H and O–H groups in total. The van der Waals surface area contributed by atoms with Crippen molar-refractivity contribution in [3.8, 4) is 5.69 Å². The number of hydrogen-bond acceptors (Lipinski definition) is 6. The first kappa shape index (κ1) is 16.9. The van der Waals surface area contributed by atoms with Gasteiger partial charge in [0.05, 0.1) is 10.6 Å². The van der Waals surface area contributed by atoms with Crippen LogP contribution in [-0.4, -0.2) is 44.1 Å². The molecule has 9 heteroatoms. The summed E-state index contributed by atoms with van der Waals surface area (Å²) in [5, 5.41) is 28.7. The summed E-state index contributed by atoms with van der Waals surface area (Å²) in [6, 6.07) is 6.02. The van der Waals surface area contributed by atoms with Gasteiger partial charge in [-0.25, -0.2) is 4.79 Å². The molecule has 1 aromatic heterocycles. The van der Waals surface area contributed by atoms with Crippen LogP contribution in [0, 0.1) is 10.1 Å². The van der Waals surface area contributed by atoms with Gasteiger partial charge in [-0.2, -0.15) is 0 Å². The first-order valence-corrected chi connectivity index (χ1v) is 8.15. The summed E-state index contributed by atoms with van der Waals surface area (Å²) in [6.45, 7) is 0. The zero-order valence-corrected chi connectivity index (χ0v) is 13.8. The lowest BCUT2D eigenvalue weighted by Crippen LogP contribution is -2.34. The van der Waals surface area contributed by atoms with E-state index in [9.17, 15) is 20.0 Å². The number of non-ortho nitro benzene ring substituents is 1. The number of carboxylic acid groups (broad SMARTS) is 1. The first-order valence-electron chi connectivity index (χ1n) is 8.15. The molecular weight excluding hydrogens is 326 g/mol. The van der Waals surface area contributed by atoms with Crippen molar-refractivity contribution in [2.75, 3.05) is 11.9 Å². The molecule has 1 heterocycles. The number of carboxylic acids is 1. The van der Waals surface area contributed by atoms with Gasteiger partial charge in [0.1, 0.15) is 0 Å². The van der Waals surface area contributed by atoms with Crippen LogP contribution in [0.5, 0.6) is 0 Å². The molecule has 1 fully saturated rings. The minimum Gasteiger partial charge on any atom is -0.476 e. The van der Waals surface area contributed by atoms with Gasteiger partial charge >= 0.3 is 5.97 Å². The maximum Gasteiger partial charge on any atom is 0.360 e. The van der Waals surface area contributed by atoms with Crippen LogP contribution in [0.2, 0.25) is 0 Å². The molecule has 0 atom stereocenters. The Kier molecular flexibility index (Phi) is 4.64. The van der Waals surface area contributed by atoms with Gasteiger partial charge in [-0.3, -0.25) is 10.1 Å². The lowest BCUT2D eigenvalue weighted by Gasteiger charge is -2.31. The van der Waals surface area contributed by atoms with Crippen molar-refractivity contribution in [3.63, 3.8) is 0 Å². The highest BCUT2D eigenvalue weighted by Crippen LogP contribution is 2.27. The highest BCUT2D eigenvalue weighted by atomic mass is 16.6. The lowest BCUT2D eigenvalue weighted by molar-refractivity contribution is -0.384. The van der Waals surface area contributed by atoms with Crippen LogP contribution in [0.4, 0.5) is 11.5 Å². The maximum atomic E-state index is 11.6. The fraction of sp³-hybridized carbons (Fsp3) is 0.438. The van der Waals surface area contributed by atoms with Crippen LogP contribution < -0.4 is 4.90 Å². The fourth-order valence-corrected chi connectivity index (χ4v) is 3.16.